The van der Waals surface area contributed by atoms with Gasteiger partial charge in [-0.2, -0.15) is 4.31 Å². The van der Waals surface area contributed by atoms with E-state index in [4.69, 9.17) is 5.73 Å². The highest BCUT2D eigenvalue weighted by atomic mass is 32.2. The lowest BCUT2D eigenvalue weighted by Crippen LogP contribution is -2.33. The van der Waals surface area contributed by atoms with Gasteiger partial charge in [0, 0.05) is 18.8 Å². The average Bonchev–Trinajstić information content (AvgIpc) is 3.07. The molecule has 0 heterocycles. The van der Waals surface area contributed by atoms with Crippen molar-refractivity contribution < 1.29 is 8.42 Å². The van der Waals surface area contributed by atoms with Crippen molar-refractivity contribution in [2.45, 2.75) is 38.5 Å². The molecule has 106 valence electrons. The van der Waals surface area contributed by atoms with Crippen molar-refractivity contribution >= 4 is 15.7 Å². The van der Waals surface area contributed by atoms with Crippen LogP contribution in [0.25, 0.3) is 0 Å². The lowest BCUT2D eigenvalue weighted by Gasteiger charge is -2.23. The molecule has 1 saturated carbocycles. The van der Waals surface area contributed by atoms with E-state index < -0.39 is 10.0 Å². The lowest BCUT2D eigenvalue weighted by atomic mass is 10.1. The average molecular weight is 282 g/mol. The summed E-state index contributed by atoms with van der Waals surface area (Å²) in [7, 11) is -3.41. The van der Waals surface area contributed by atoms with Crippen LogP contribution in [0.1, 0.15) is 30.9 Å². The Labute approximate surface area is 115 Å². The number of hydrogen-bond acceptors (Lipinski definition) is 3. The predicted molar refractivity (Wildman–Crippen MR) is 77.5 cm³/mol. The van der Waals surface area contributed by atoms with E-state index >= 15 is 0 Å². The van der Waals surface area contributed by atoms with Crippen molar-refractivity contribution in [2.75, 3.05) is 18.8 Å². The van der Waals surface area contributed by atoms with E-state index in [1.807, 2.05) is 6.92 Å². The number of rotatable bonds is 5. The second kappa shape index (κ2) is 5.13. The number of hydrogen-bond donors (Lipinski definition) is 1. The molecule has 1 aromatic carbocycles. The van der Waals surface area contributed by atoms with Crippen LogP contribution in [0.5, 0.6) is 0 Å². The number of aryl methyl sites for hydroxylation is 2. The summed E-state index contributed by atoms with van der Waals surface area (Å²) in [6.45, 7) is 6.66. The predicted octanol–water partition coefficient (Wildman–Crippen LogP) is 2.31. The fourth-order valence-corrected chi connectivity index (χ4v) is 4.44. The van der Waals surface area contributed by atoms with Crippen molar-refractivity contribution in [3.05, 3.63) is 23.3 Å². The fraction of sp³-hybridized carbons (Fsp3) is 0.571. The molecule has 19 heavy (non-hydrogen) atoms. The molecule has 0 amide bonds. The third kappa shape index (κ3) is 2.92. The Morgan fingerprint density at radius 2 is 1.79 bits per heavy atom. The van der Waals surface area contributed by atoms with Crippen LogP contribution in [0.15, 0.2) is 17.0 Å². The van der Waals surface area contributed by atoms with Gasteiger partial charge in [-0.3, -0.25) is 0 Å². The molecule has 0 radical (unpaired) electrons. The summed E-state index contributed by atoms with van der Waals surface area (Å²) in [6.07, 6.45) is 2.29. The van der Waals surface area contributed by atoms with Gasteiger partial charge < -0.3 is 5.73 Å². The third-order valence-corrected chi connectivity index (χ3v) is 5.84. The number of nitrogens with two attached hydrogens (primary N) is 1. The van der Waals surface area contributed by atoms with Gasteiger partial charge in [0.05, 0.1) is 4.90 Å². The van der Waals surface area contributed by atoms with E-state index in [0.29, 0.717) is 29.6 Å². The maximum Gasteiger partial charge on any atom is 0.243 e. The van der Waals surface area contributed by atoms with E-state index in [-0.39, 0.29) is 0 Å². The topological polar surface area (TPSA) is 63.4 Å². The first kappa shape index (κ1) is 14.3. The Morgan fingerprint density at radius 3 is 2.21 bits per heavy atom. The first-order chi connectivity index (χ1) is 8.86. The standard InChI is InChI=1S/C14H22N2O2S/c1-4-16(9-12-5-6-12)19(17,18)14-10(2)7-13(15)8-11(14)3/h7-8,12H,4-6,9,15H2,1-3H3. The van der Waals surface area contributed by atoms with Crippen LogP contribution in [0.4, 0.5) is 5.69 Å². The first-order valence-corrected chi connectivity index (χ1v) is 8.17. The van der Waals surface area contributed by atoms with E-state index in [9.17, 15) is 8.42 Å². The van der Waals surface area contributed by atoms with Gasteiger partial charge in [0.15, 0.2) is 0 Å². The number of benzene rings is 1. The molecule has 0 spiro atoms. The first-order valence-electron chi connectivity index (χ1n) is 6.73. The van der Waals surface area contributed by atoms with E-state index in [1.54, 1.807) is 30.3 Å². The van der Waals surface area contributed by atoms with E-state index in [1.165, 1.54) is 0 Å². The summed E-state index contributed by atoms with van der Waals surface area (Å²) in [6, 6.07) is 3.45. The van der Waals surface area contributed by atoms with Gasteiger partial charge in [-0.1, -0.05) is 6.92 Å². The smallest absolute Gasteiger partial charge is 0.243 e. The molecule has 2 N–H and O–H groups in total. The minimum absolute atomic E-state index is 0.421. The second-order valence-corrected chi connectivity index (χ2v) is 7.26. The summed E-state index contributed by atoms with van der Waals surface area (Å²) < 4.78 is 27.1. The van der Waals surface area contributed by atoms with Crippen LogP contribution in [0, 0.1) is 19.8 Å². The third-order valence-electron chi connectivity index (χ3n) is 3.59. The molecule has 0 aliphatic heterocycles. The minimum Gasteiger partial charge on any atom is -0.399 e. The Morgan fingerprint density at radius 1 is 1.26 bits per heavy atom. The zero-order chi connectivity index (χ0) is 14.2. The summed E-state index contributed by atoms with van der Waals surface area (Å²) in [5.74, 6) is 0.545. The molecule has 5 heteroatoms. The Kier molecular flexibility index (Phi) is 3.87. The molecular formula is C14H22N2O2S. The van der Waals surface area contributed by atoms with Crippen molar-refractivity contribution in [1.29, 1.82) is 0 Å². The van der Waals surface area contributed by atoms with Crippen molar-refractivity contribution in [1.82, 2.24) is 4.31 Å². The van der Waals surface area contributed by atoms with Crippen molar-refractivity contribution in [3.8, 4) is 0 Å². The molecule has 0 saturated heterocycles. The SMILES string of the molecule is CCN(CC1CC1)S(=O)(=O)c1c(C)cc(N)cc1C. The quantitative estimate of drug-likeness (QED) is 0.843. The summed E-state index contributed by atoms with van der Waals surface area (Å²) in [5.41, 5.74) is 7.83. The normalized spacial score (nSPS) is 16.0. The molecule has 1 aliphatic carbocycles. The number of sulfonamides is 1. The molecule has 1 aromatic rings. The fourth-order valence-electron chi connectivity index (χ4n) is 2.51. The minimum atomic E-state index is -3.41. The molecule has 1 fully saturated rings. The monoisotopic (exact) mass is 282 g/mol. The highest BCUT2D eigenvalue weighted by molar-refractivity contribution is 7.89. The van der Waals surface area contributed by atoms with Gasteiger partial charge in [-0.05, 0) is 55.9 Å². The molecular weight excluding hydrogens is 260 g/mol. The maximum atomic E-state index is 12.8. The Hall–Kier alpha value is -1.07. The van der Waals surface area contributed by atoms with Gasteiger partial charge in [0.25, 0.3) is 0 Å². The van der Waals surface area contributed by atoms with Crippen LogP contribution < -0.4 is 5.73 Å². The Bertz CT molecular complexity index is 554. The molecule has 4 nitrogen and oxygen atoms in total. The highest BCUT2D eigenvalue weighted by Crippen LogP contribution is 2.33. The molecule has 0 bridgehead atoms. The largest absolute Gasteiger partial charge is 0.399 e. The summed E-state index contributed by atoms with van der Waals surface area (Å²) in [5, 5.41) is 0. The summed E-state index contributed by atoms with van der Waals surface area (Å²) in [4.78, 5) is 0.421. The van der Waals surface area contributed by atoms with Gasteiger partial charge in [-0.25, -0.2) is 8.42 Å². The van der Waals surface area contributed by atoms with Crippen molar-refractivity contribution in [2.24, 2.45) is 5.92 Å². The zero-order valence-corrected chi connectivity index (χ0v) is 12.6. The van der Waals surface area contributed by atoms with Gasteiger partial charge in [-0.15, -0.1) is 0 Å². The van der Waals surface area contributed by atoms with Crippen LogP contribution in [0.2, 0.25) is 0 Å². The molecule has 1 aliphatic rings. The maximum absolute atomic E-state index is 12.8. The molecule has 0 aromatic heterocycles. The van der Waals surface area contributed by atoms with E-state index in [2.05, 4.69) is 0 Å². The number of nitrogen functional groups attached to an aromatic ring is 1. The molecule has 0 unspecified atom stereocenters. The number of anilines is 1. The highest BCUT2D eigenvalue weighted by Gasteiger charge is 2.32. The number of nitrogens with zero attached hydrogens (tertiary/aromatic N) is 1. The summed E-state index contributed by atoms with van der Waals surface area (Å²) >= 11 is 0. The zero-order valence-electron chi connectivity index (χ0n) is 11.8. The van der Waals surface area contributed by atoms with E-state index in [0.717, 1.165) is 24.0 Å². The molecule has 0 atom stereocenters. The molecule has 2 rings (SSSR count). The van der Waals surface area contributed by atoms with Crippen molar-refractivity contribution in [3.63, 3.8) is 0 Å². The van der Waals surface area contributed by atoms with Crippen LogP contribution in [-0.2, 0) is 10.0 Å². The van der Waals surface area contributed by atoms with Gasteiger partial charge >= 0.3 is 0 Å². The van der Waals surface area contributed by atoms with Crippen LogP contribution in [0.3, 0.4) is 0 Å². The van der Waals surface area contributed by atoms with Gasteiger partial charge in [0.1, 0.15) is 0 Å². The lowest BCUT2D eigenvalue weighted by molar-refractivity contribution is 0.411. The second-order valence-electron chi connectivity index (χ2n) is 5.38. The van der Waals surface area contributed by atoms with Crippen LogP contribution >= 0.6 is 0 Å². The van der Waals surface area contributed by atoms with Gasteiger partial charge in [0.2, 0.25) is 10.0 Å². The Balaban J connectivity index is 2.42. The van der Waals surface area contributed by atoms with Crippen LogP contribution in [-0.4, -0.2) is 25.8 Å².